The summed E-state index contributed by atoms with van der Waals surface area (Å²) in [5.41, 5.74) is 4.47. The van der Waals surface area contributed by atoms with Gasteiger partial charge in [-0.2, -0.15) is 5.10 Å². The van der Waals surface area contributed by atoms with Crippen LogP contribution in [0.25, 0.3) is 10.9 Å². The zero-order chi connectivity index (χ0) is 15.8. The number of carbonyl (C=O) groups is 1. The van der Waals surface area contributed by atoms with Gasteiger partial charge in [0.25, 0.3) is 5.91 Å². The molecule has 1 aliphatic rings. The predicted octanol–water partition coefficient (Wildman–Crippen LogP) is 2.45. The van der Waals surface area contributed by atoms with E-state index in [0.29, 0.717) is 18.9 Å². The van der Waals surface area contributed by atoms with E-state index in [1.54, 1.807) is 0 Å². The second kappa shape index (κ2) is 5.55. The minimum Gasteiger partial charge on any atom is -0.376 e. The number of aromatic nitrogens is 3. The van der Waals surface area contributed by atoms with E-state index in [9.17, 15) is 4.79 Å². The molecular formula is C17H18N4O2. The number of hydrogen-bond donors (Lipinski definition) is 3. The van der Waals surface area contributed by atoms with Gasteiger partial charge in [-0.25, -0.2) is 0 Å². The van der Waals surface area contributed by atoms with Gasteiger partial charge < -0.3 is 15.0 Å². The highest BCUT2D eigenvalue weighted by Gasteiger charge is 2.23. The largest absolute Gasteiger partial charge is 0.376 e. The Balaban J connectivity index is 1.54. The van der Waals surface area contributed by atoms with Crippen LogP contribution in [0.3, 0.4) is 0 Å². The molecule has 1 aromatic carbocycles. The molecule has 1 amide bonds. The molecular weight excluding hydrogens is 292 g/mol. The van der Waals surface area contributed by atoms with E-state index >= 15 is 0 Å². The number of hydrogen-bond acceptors (Lipinski definition) is 3. The van der Waals surface area contributed by atoms with Crippen molar-refractivity contribution in [2.45, 2.75) is 26.0 Å². The van der Waals surface area contributed by atoms with E-state index in [1.165, 1.54) is 0 Å². The van der Waals surface area contributed by atoms with Crippen LogP contribution in [0.15, 0.2) is 30.5 Å². The number of nitrogens with zero attached hydrogens (tertiary/aromatic N) is 1. The molecule has 0 unspecified atom stereocenters. The summed E-state index contributed by atoms with van der Waals surface area (Å²) in [5, 5.41) is 11.3. The molecule has 118 valence electrons. The lowest BCUT2D eigenvalue weighted by Crippen LogP contribution is -2.28. The Morgan fingerprint density at radius 2 is 2.30 bits per heavy atom. The second-order valence-corrected chi connectivity index (χ2v) is 5.85. The number of ether oxygens (including phenoxy) is 1. The molecule has 0 bridgehead atoms. The SMILES string of the molecule is C[C@@H](NC(=O)c1n[nH]c2c1COCC2)c1ccc2[nH]ccc2c1. The third-order valence-corrected chi connectivity index (χ3v) is 4.34. The van der Waals surface area contributed by atoms with Crippen LogP contribution in [0.5, 0.6) is 0 Å². The van der Waals surface area contributed by atoms with Crippen molar-refractivity contribution < 1.29 is 9.53 Å². The number of benzene rings is 1. The molecule has 0 saturated heterocycles. The first-order valence-electron chi connectivity index (χ1n) is 7.74. The van der Waals surface area contributed by atoms with Crippen LogP contribution in [0, 0.1) is 0 Å². The number of carbonyl (C=O) groups excluding carboxylic acids is 1. The first kappa shape index (κ1) is 14.0. The number of H-pyrrole nitrogens is 2. The van der Waals surface area contributed by atoms with Crippen molar-refractivity contribution in [1.82, 2.24) is 20.5 Å². The Morgan fingerprint density at radius 1 is 1.39 bits per heavy atom. The molecule has 4 rings (SSSR count). The van der Waals surface area contributed by atoms with Gasteiger partial charge in [0.2, 0.25) is 0 Å². The van der Waals surface area contributed by atoms with Gasteiger partial charge in [-0.1, -0.05) is 6.07 Å². The van der Waals surface area contributed by atoms with Crippen LogP contribution in [0.4, 0.5) is 0 Å². The van der Waals surface area contributed by atoms with E-state index in [1.807, 2.05) is 31.3 Å². The number of rotatable bonds is 3. The van der Waals surface area contributed by atoms with Gasteiger partial charge in [0.1, 0.15) is 0 Å². The minimum atomic E-state index is -0.172. The Labute approximate surface area is 133 Å². The van der Waals surface area contributed by atoms with Gasteiger partial charge in [0.15, 0.2) is 5.69 Å². The summed E-state index contributed by atoms with van der Waals surface area (Å²) in [5.74, 6) is -0.172. The lowest BCUT2D eigenvalue weighted by molar-refractivity contribution is 0.0912. The average molecular weight is 310 g/mol. The minimum absolute atomic E-state index is 0.0985. The molecule has 23 heavy (non-hydrogen) atoms. The lowest BCUT2D eigenvalue weighted by Gasteiger charge is -2.16. The summed E-state index contributed by atoms with van der Waals surface area (Å²) in [7, 11) is 0. The summed E-state index contributed by atoms with van der Waals surface area (Å²) in [4.78, 5) is 15.7. The summed E-state index contributed by atoms with van der Waals surface area (Å²) in [6, 6.07) is 8.05. The Kier molecular flexibility index (Phi) is 3.38. The highest BCUT2D eigenvalue weighted by atomic mass is 16.5. The molecule has 0 fully saturated rings. The molecule has 6 nitrogen and oxygen atoms in total. The first-order valence-corrected chi connectivity index (χ1v) is 7.74. The van der Waals surface area contributed by atoms with Crippen molar-refractivity contribution in [2.24, 2.45) is 0 Å². The van der Waals surface area contributed by atoms with E-state index in [-0.39, 0.29) is 11.9 Å². The van der Waals surface area contributed by atoms with Crippen LogP contribution in [-0.2, 0) is 17.8 Å². The van der Waals surface area contributed by atoms with Crippen LogP contribution in [0.1, 0.15) is 40.3 Å². The Hall–Kier alpha value is -2.60. The van der Waals surface area contributed by atoms with Crippen molar-refractivity contribution in [1.29, 1.82) is 0 Å². The van der Waals surface area contributed by atoms with Gasteiger partial charge in [0.05, 0.1) is 19.3 Å². The van der Waals surface area contributed by atoms with E-state index in [2.05, 4.69) is 26.6 Å². The summed E-state index contributed by atoms with van der Waals surface area (Å²) in [6.07, 6.45) is 2.68. The van der Waals surface area contributed by atoms with Crippen LogP contribution in [0.2, 0.25) is 0 Å². The van der Waals surface area contributed by atoms with Gasteiger partial charge in [-0.3, -0.25) is 9.89 Å². The van der Waals surface area contributed by atoms with Crippen LogP contribution >= 0.6 is 0 Å². The van der Waals surface area contributed by atoms with Crippen molar-refractivity contribution in [3.8, 4) is 0 Å². The molecule has 1 atom stereocenters. The third kappa shape index (κ3) is 2.51. The lowest BCUT2D eigenvalue weighted by atomic mass is 10.1. The summed E-state index contributed by atoms with van der Waals surface area (Å²) in [6.45, 7) is 3.09. The zero-order valence-corrected chi connectivity index (χ0v) is 12.8. The molecule has 6 heteroatoms. The highest BCUT2D eigenvalue weighted by molar-refractivity contribution is 5.94. The van der Waals surface area contributed by atoms with E-state index in [0.717, 1.165) is 34.1 Å². The quantitative estimate of drug-likeness (QED) is 0.695. The number of aromatic amines is 2. The Morgan fingerprint density at radius 3 is 3.22 bits per heavy atom. The zero-order valence-electron chi connectivity index (χ0n) is 12.8. The van der Waals surface area contributed by atoms with Crippen molar-refractivity contribution >= 4 is 16.8 Å². The second-order valence-electron chi connectivity index (χ2n) is 5.85. The van der Waals surface area contributed by atoms with Gasteiger partial charge >= 0.3 is 0 Å². The smallest absolute Gasteiger partial charge is 0.272 e. The number of nitrogens with one attached hydrogen (secondary N) is 3. The normalized spacial score (nSPS) is 15.3. The van der Waals surface area contributed by atoms with Gasteiger partial charge in [-0.15, -0.1) is 0 Å². The fourth-order valence-corrected chi connectivity index (χ4v) is 2.99. The van der Waals surface area contributed by atoms with E-state index < -0.39 is 0 Å². The number of fused-ring (bicyclic) bond motifs is 2. The molecule has 3 aromatic rings. The molecule has 0 aliphatic carbocycles. The van der Waals surface area contributed by atoms with Crippen LogP contribution in [-0.4, -0.2) is 27.7 Å². The van der Waals surface area contributed by atoms with Gasteiger partial charge in [0, 0.05) is 29.4 Å². The average Bonchev–Trinajstić information content (AvgIpc) is 3.20. The van der Waals surface area contributed by atoms with E-state index in [4.69, 9.17) is 4.74 Å². The molecule has 0 spiro atoms. The molecule has 0 radical (unpaired) electrons. The maximum Gasteiger partial charge on any atom is 0.272 e. The summed E-state index contributed by atoms with van der Waals surface area (Å²) < 4.78 is 5.43. The molecule has 3 N–H and O–H groups in total. The molecule has 1 aliphatic heterocycles. The topological polar surface area (TPSA) is 82.8 Å². The fraction of sp³-hybridized carbons (Fsp3) is 0.294. The van der Waals surface area contributed by atoms with Gasteiger partial charge in [-0.05, 0) is 36.1 Å². The highest BCUT2D eigenvalue weighted by Crippen LogP contribution is 2.21. The first-order chi connectivity index (χ1) is 11.2. The number of amides is 1. The van der Waals surface area contributed by atoms with Crippen molar-refractivity contribution in [3.05, 3.63) is 53.0 Å². The Bertz CT molecular complexity index is 864. The van der Waals surface area contributed by atoms with Crippen molar-refractivity contribution in [3.63, 3.8) is 0 Å². The maximum atomic E-state index is 12.5. The molecule has 2 aromatic heterocycles. The third-order valence-electron chi connectivity index (χ3n) is 4.34. The van der Waals surface area contributed by atoms with Crippen LogP contribution < -0.4 is 5.32 Å². The monoisotopic (exact) mass is 310 g/mol. The maximum absolute atomic E-state index is 12.5. The fourth-order valence-electron chi connectivity index (χ4n) is 2.99. The molecule has 0 saturated carbocycles. The standard InChI is InChI=1S/C17H18N4O2/c1-10(11-2-3-14-12(8-11)4-6-18-14)19-17(22)16-13-9-23-7-5-15(13)20-21-16/h2-4,6,8,10,18H,5,7,9H2,1H3,(H,19,22)(H,20,21)/t10-/m1/s1. The van der Waals surface area contributed by atoms with Crippen molar-refractivity contribution in [2.75, 3.05) is 6.61 Å². The predicted molar refractivity (Wildman–Crippen MR) is 86.1 cm³/mol. The summed E-state index contributed by atoms with van der Waals surface area (Å²) >= 11 is 0. The molecule has 3 heterocycles.